The third kappa shape index (κ3) is 5.48. The van der Waals surface area contributed by atoms with Gasteiger partial charge in [-0.2, -0.15) is 5.26 Å². The van der Waals surface area contributed by atoms with Crippen molar-refractivity contribution in [3.63, 3.8) is 0 Å². The Morgan fingerprint density at radius 1 is 1.33 bits per heavy atom. The Labute approximate surface area is 74.0 Å². The maximum atomic E-state index is 8.14. The average molecular weight is 168 g/mol. The Morgan fingerprint density at radius 3 is 2.00 bits per heavy atom. The van der Waals surface area contributed by atoms with Crippen molar-refractivity contribution in [3.05, 3.63) is 17.8 Å². The van der Waals surface area contributed by atoms with Gasteiger partial charge in [0, 0.05) is 0 Å². The third-order valence-electron chi connectivity index (χ3n) is 0.717. The molecule has 0 spiro atoms. The van der Waals surface area contributed by atoms with Crippen molar-refractivity contribution in [2.24, 2.45) is 0 Å². The van der Waals surface area contributed by atoms with E-state index in [1.807, 2.05) is 27.7 Å². The predicted octanol–water partition coefficient (Wildman–Crippen LogP) is 2.91. The van der Waals surface area contributed by atoms with E-state index >= 15 is 0 Å². The second-order valence-corrected chi connectivity index (χ2v) is 1.39. The van der Waals surface area contributed by atoms with Gasteiger partial charge in [0.25, 0.3) is 0 Å². The number of rotatable bonds is 0. The molecule has 1 heterocycles. The molecule has 1 aromatic heterocycles. The molecule has 0 N–H and O–H groups in total. The largest absolute Gasteiger partial charge is 0.434 e. The van der Waals surface area contributed by atoms with Gasteiger partial charge < -0.3 is 4.42 Å². The van der Waals surface area contributed by atoms with E-state index < -0.39 is 0 Å². The van der Waals surface area contributed by atoms with Crippen molar-refractivity contribution in [1.29, 1.82) is 5.26 Å². The second kappa shape index (κ2) is 9.70. The van der Waals surface area contributed by atoms with Gasteiger partial charge in [0.2, 0.25) is 0 Å². The van der Waals surface area contributed by atoms with Crippen molar-refractivity contribution in [2.75, 3.05) is 0 Å². The van der Waals surface area contributed by atoms with E-state index in [4.69, 9.17) is 9.68 Å². The van der Waals surface area contributed by atoms with Gasteiger partial charge in [-0.15, -0.1) is 0 Å². The lowest BCUT2D eigenvalue weighted by Gasteiger charge is -1.71. The molecule has 0 aliphatic heterocycles. The van der Waals surface area contributed by atoms with Crippen LogP contribution in [0.4, 0.5) is 0 Å². The molecule has 1 rings (SSSR count). The molecule has 0 atom stereocenters. The minimum Gasteiger partial charge on any atom is -0.434 e. The molecule has 12 heavy (non-hydrogen) atoms. The van der Waals surface area contributed by atoms with E-state index in [2.05, 4.69) is 4.98 Å². The molecule has 0 unspecified atom stereocenters. The number of aryl methyl sites for hydroxylation is 1. The number of nitriles is 1. The molecular weight excluding hydrogens is 152 g/mol. The molecule has 0 aromatic carbocycles. The Morgan fingerprint density at radius 2 is 1.83 bits per heavy atom. The molecule has 0 radical (unpaired) electrons. The van der Waals surface area contributed by atoms with Crippen molar-refractivity contribution in [1.82, 2.24) is 4.98 Å². The zero-order valence-corrected chi connectivity index (χ0v) is 8.38. The first-order valence-corrected chi connectivity index (χ1v) is 4.15. The summed E-state index contributed by atoms with van der Waals surface area (Å²) in [6.45, 7) is 9.74. The summed E-state index contributed by atoms with van der Waals surface area (Å²) in [5, 5.41) is 8.14. The quantitative estimate of drug-likeness (QED) is 0.598. The van der Waals surface area contributed by atoms with Gasteiger partial charge in [-0.05, 0) is 6.92 Å². The summed E-state index contributed by atoms with van der Waals surface area (Å²) in [5.41, 5.74) is 0. The first kappa shape index (κ1) is 13.3. The lowest BCUT2D eigenvalue weighted by atomic mass is 10.6. The van der Waals surface area contributed by atoms with Crippen LogP contribution in [-0.2, 0) is 0 Å². The van der Waals surface area contributed by atoms with E-state index in [-0.39, 0.29) is 5.89 Å². The Kier molecular flexibility index (Phi) is 10.8. The second-order valence-electron chi connectivity index (χ2n) is 1.39. The molecule has 0 aliphatic rings. The Bertz CT molecular complexity index is 223. The van der Waals surface area contributed by atoms with Crippen LogP contribution in [0.5, 0.6) is 0 Å². The fourth-order valence-corrected chi connectivity index (χ4v) is 0.406. The summed E-state index contributed by atoms with van der Waals surface area (Å²) in [4.78, 5) is 3.61. The van der Waals surface area contributed by atoms with Gasteiger partial charge in [0.05, 0.1) is 6.20 Å². The molecule has 0 amide bonds. The first-order chi connectivity index (χ1) is 5.83. The van der Waals surface area contributed by atoms with Crippen LogP contribution in [0.3, 0.4) is 0 Å². The molecule has 0 fully saturated rings. The minimum atomic E-state index is 0.127. The molecule has 1 aromatic rings. The molecule has 0 saturated heterocycles. The van der Waals surface area contributed by atoms with Crippen LogP contribution >= 0.6 is 0 Å². The molecule has 0 saturated carbocycles. The van der Waals surface area contributed by atoms with Crippen LogP contribution in [0.2, 0.25) is 0 Å². The summed E-state index contributed by atoms with van der Waals surface area (Å²) in [6, 6.07) is 1.77. The lowest BCUT2D eigenvalue weighted by Crippen LogP contribution is -1.64. The topological polar surface area (TPSA) is 49.8 Å². The van der Waals surface area contributed by atoms with Crippen LogP contribution in [0.1, 0.15) is 39.3 Å². The van der Waals surface area contributed by atoms with Gasteiger partial charge in [-0.1, -0.05) is 27.7 Å². The molecule has 0 aliphatic carbocycles. The smallest absolute Gasteiger partial charge is 0.300 e. The Balaban J connectivity index is 0. The first-order valence-electron chi connectivity index (χ1n) is 4.15. The zero-order valence-electron chi connectivity index (χ0n) is 8.38. The number of hydrogen-bond donors (Lipinski definition) is 0. The van der Waals surface area contributed by atoms with Crippen LogP contribution in [0.25, 0.3) is 0 Å². The Hall–Kier alpha value is -1.30. The lowest BCUT2D eigenvalue weighted by molar-refractivity contribution is 0.512. The molecule has 68 valence electrons. The summed E-state index contributed by atoms with van der Waals surface area (Å²) in [6.07, 6.45) is 1.51. The van der Waals surface area contributed by atoms with E-state index in [0.29, 0.717) is 5.76 Å². The van der Waals surface area contributed by atoms with Crippen molar-refractivity contribution in [3.8, 4) is 6.07 Å². The fourth-order valence-electron chi connectivity index (χ4n) is 0.406. The number of oxazole rings is 1. The van der Waals surface area contributed by atoms with Crippen molar-refractivity contribution in [2.45, 2.75) is 34.6 Å². The van der Waals surface area contributed by atoms with Gasteiger partial charge in [-0.3, -0.25) is 0 Å². The van der Waals surface area contributed by atoms with Crippen LogP contribution in [-0.4, -0.2) is 4.98 Å². The summed E-state index contributed by atoms with van der Waals surface area (Å²) in [7, 11) is 0. The maximum absolute atomic E-state index is 8.14. The fraction of sp³-hybridized carbons (Fsp3) is 0.556. The molecular formula is C9H16N2O. The molecule has 0 bridgehead atoms. The van der Waals surface area contributed by atoms with Gasteiger partial charge in [-0.25, -0.2) is 4.98 Å². The van der Waals surface area contributed by atoms with Crippen molar-refractivity contribution < 1.29 is 4.42 Å². The highest BCUT2D eigenvalue weighted by molar-refractivity contribution is 5.06. The summed E-state index contributed by atoms with van der Waals surface area (Å²) >= 11 is 0. The minimum absolute atomic E-state index is 0.127. The summed E-state index contributed by atoms with van der Waals surface area (Å²) < 4.78 is 4.76. The summed E-state index contributed by atoms with van der Waals surface area (Å²) in [5.74, 6) is 0.795. The van der Waals surface area contributed by atoms with Crippen molar-refractivity contribution >= 4 is 0 Å². The van der Waals surface area contributed by atoms with Crippen LogP contribution < -0.4 is 0 Å². The number of nitrogens with zero attached hydrogens (tertiary/aromatic N) is 2. The highest BCUT2D eigenvalue weighted by Gasteiger charge is 1.93. The normalized spacial score (nSPS) is 6.67. The highest BCUT2D eigenvalue weighted by Crippen LogP contribution is 1.97. The van der Waals surface area contributed by atoms with Gasteiger partial charge in [0.1, 0.15) is 5.76 Å². The van der Waals surface area contributed by atoms with E-state index in [1.54, 1.807) is 13.0 Å². The van der Waals surface area contributed by atoms with E-state index in [0.717, 1.165) is 0 Å². The highest BCUT2D eigenvalue weighted by atomic mass is 16.3. The number of aromatic nitrogens is 1. The number of hydrogen-bond acceptors (Lipinski definition) is 3. The average Bonchev–Trinajstić information content (AvgIpc) is 2.58. The van der Waals surface area contributed by atoms with Crippen LogP contribution in [0, 0.1) is 18.3 Å². The SMILES string of the molecule is CC.CC.Cc1cnc(C#N)o1. The van der Waals surface area contributed by atoms with Gasteiger partial charge >= 0.3 is 5.89 Å². The van der Waals surface area contributed by atoms with E-state index in [1.165, 1.54) is 6.20 Å². The standard InChI is InChI=1S/C5H4N2O.2C2H6/c1-4-3-7-5(2-6)8-4;2*1-2/h3H,1H3;2*1-2H3. The predicted molar refractivity (Wildman–Crippen MR) is 48.7 cm³/mol. The van der Waals surface area contributed by atoms with Crippen LogP contribution in [0.15, 0.2) is 10.6 Å². The molecule has 3 heteroatoms. The maximum Gasteiger partial charge on any atom is 0.300 e. The molecule has 3 nitrogen and oxygen atoms in total. The zero-order chi connectivity index (χ0) is 9.98. The third-order valence-corrected chi connectivity index (χ3v) is 0.717. The monoisotopic (exact) mass is 168 g/mol. The van der Waals surface area contributed by atoms with Gasteiger partial charge in [0.15, 0.2) is 6.07 Å². The van der Waals surface area contributed by atoms with E-state index in [9.17, 15) is 0 Å².